The Labute approximate surface area is 61.1 Å². The Bertz CT molecular complexity index is 174. The van der Waals surface area contributed by atoms with Crippen molar-refractivity contribution in [2.75, 3.05) is 0 Å². The molecule has 0 saturated heterocycles. The zero-order chi connectivity index (χ0) is 8.15. The summed E-state index contributed by atoms with van der Waals surface area (Å²) in [6.07, 6.45) is 0. The predicted octanol–water partition coefficient (Wildman–Crippen LogP) is 1.76. The molecule has 0 radical (unpaired) electrons. The van der Waals surface area contributed by atoms with Crippen LogP contribution in [0.1, 0.15) is 25.4 Å². The maximum Gasteiger partial charge on any atom is 0.232 e. The van der Waals surface area contributed by atoms with E-state index in [1.54, 1.807) is 13.8 Å². The van der Waals surface area contributed by atoms with Crippen molar-refractivity contribution in [3.05, 3.63) is 11.5 Å². The van der Waals surface area contributed by atoms with E-state index in [1.807, 2.05) is 13.8 Å². The van der Waals surface area contributed by atoms with Crippen LogP contribution in [0.4, 0.5) is 0 Å². The molecule has 0 spiro atoms. The van der Waals surface area contributed by atoms with Gasteiger partial charge in [-0.3, -0.25) is 0 Å². The summed E-state index contributed by atoms with van der Waals surface area (Å²) in [5, 5.41) is 8.80. The fourth-order valence-electron chi connectivity index (χ4n) is 0.598. The molecule has 1 rings (SSSR count). The molecule has 0 unspecified atom stereocenters. The van der Waals surface area contributed by atoms with Gasteiger partial charge in [-0.05, 0) is 13.8 Å². The van der Waals surface area contributed by atoms with Crippen LogP contribution in [0.3, 0.4) is 0 Å². The lowest BCUT2D eigenvalue weighted by Crippen LogP contribution is -1.70. The minimum atomic E-state index is 0.0995. The van der Waals surface area contributed by atoms with E-state index in [9.17, 15) is 0 Å². The molecule has 1 aromatic rings. The molecule has 0 amide bonds. The summed E-state index contributed by atoms with van der Waals surface area (Å²) in [6.45, 7) is 7.57. The van der Waals surface area contributed by atoms with Gasteiger partial charge in [0.2, 0.25) is 5.88 Å². The number of hydrogen-bond donors (Lipinski definition) is 2. The van der Waals surface area contributed by atoms with E-state index in [0.717, 1.165) is 11.5 Å². The molecule has 3 heteroatoms. The number of aryl methyl sites for hydroxylation is 2. The van der Waals surface area contributed by atoms with Gasteiger partial charge in [-0.15, -0.1) is 0 Å². The van der Waals surface area contributed by atoms with E-state index in [1.165, 1.54) is 0 Å². The maximum atomic E-state index is 8.80. The fraction of sp³-hybridized carbons (Fsp3) is 0.571. The molecule has 0 aliphatic carbocycles. The van der Waals surface area contributed by atoms with Gasteiger partial charge in [0.25, 0.3) is 0 Å². The van der Waals surface area contributed by atoms with Gasteiger partial charge in [0, 0.05) is 0 Å². The molecule has 3 nitrogen and oxygen atoms in total. The Morgan fingerprint density at radius 1 is 1.30 bits per heavy atom. The van der Waals surface area contributed by atoms with Gasteiger partial charge in [-0.1, -0.05) is 13.8 Å². The summed E-state index contributed by atoms with van der Waals surface area (Å²) in [7, 11) is 0. The van der Waals surface area contributed by atoms with E-state index >= 15 is 0 Å². The van der Waals surface area contributed by atoms with Crippen LogP contribution in [0.2, 0.25) is 0 Å². The van der Waals surface area contributed by atoms with Crippen LogP contribution in [0, 0.1) is 13.8 Å². The number of hydrogen-bond acceptors (Lipinski definition) is 2. The fourth-order valence-corrected chi connectivity index (χ4v) is 0.598. The van der Waals surface area contributed by atoms with Crippen molar-refractivity contribution in [1.29, 1.82) is 0 Å². The smallest absolute Gasteiger partial charge is 0.232 e. The molecule has 58 valence electrons. The third-order valence-corrected chi connectivity index (χ3v) is 0.977. The van der Waals surface area contributed by atoms with Gasteiger partial charge < -0.3 is 10.1 Å². The van der Waals surface area contributed by atoms with Crippen molar-refractivity contribution in [3.8, 4) is 5.88 Å². The number of aromatic amines is 1. The first-order valence-electron chi connectivity index (χ1n) is 3.42. The van der Waals surface area contributed by atoms with Crippen molar-refractivity contribution in [3.63, 3.8) is 0 Å². The number of aromatic hydroxyl groups is 1. The topological polar surface area (TPSA) is 48.9 Å². The normalized spacial score (nSPS) is 8.40. The number of nitrogens with one attached hydrogen (secondary N) is 1. The van der Waals surface area contributed by atoms with Gasteiger partial charge in [-0.25, -0.2) is 0 Å². The largest absolute Gasteiger partial charge is 0.492 e. The zero-order valence-electron chi connectivity index (χ0n) is 6.89. The average molecular weight is 142 g/mol. The number of H-pyrrole nitrogens is 1. The van der Waals surface area contributed by atoms with Crippen molar-refractivity contribution in [2.24, 2.45) is 0 Å². The van der Waals surface area contributed by atoms with E-state index < -0.39 is 0 Å². The molecule has 0 saturated carbocycles. The quantitative estimate of drug-likeness (QED) is 0.579. The first-order valence-corrected chi connectivity index (χ1v) is 3.42. The summed E-state index contributed by atoms with van der Waals surface area (Å²) in [5.41, 5.74) is 0.725. The molecular weight excluding hydrogens is 128 g/mol. The highest BCUT2D eigenvalue weighted by Crippen LogP contribution is 2.09. The van der Waals surface area contributed by atoms with Crippen molar-refractivity contribution < 1.29 is 5.11 Å². The van der Waals surface area contributed by atoms with Gasteiger partial charge in [0.15, 0.2) is 0 Å². The molecule has 1 aromatic heterocycles. The van der Waals surface area contributed by atoms with Crippen LogP contribution in [-0.2, 0) is 0 Å². The first kappa shape index (κ1) is 9.01. The molecule has 0 atom stereocenters. The number of imidazole rings is 1. The minimum absolute atomic E-state index is 0.0995. The van der Waals surface area contributed by atoms with Gasteiger partial charge in [0.1, 0.15) is 5.82 Å². The SMILES string of the molecule is CC.Cc1nc(O)c(C)[nH]1. The third-order valence-electron chi connectivity index (χ3n) is 0.977. The molecule has 0 fully saturated rings. The van der Waals surface area contributed by atoms with Crippen LogP contribution < -0.4 is 0 Å². The van der Waals surface area contributed by atoms with Crippen LogP contribution in [-0.4, -0.2) is 15.1 Å². The zero-order valence-corrected chi connectivity index (χ0v) is 6.89. The number of rotatable bonds is 0. The van der Waals surface area contributed by atoms with Crippen molar-refractivity contribution in [2.45, 2.75) is 27.7 Å². The summed E-state index contributed by atoms with van der Waals surface area (Å²) >= 11 is 0. The standard InChI is InChI=1S/C5H8N2O.C2H6/c1-3-5(8)7-4(2)6-3;1-2/h8H,1-2H3,(H,6,7);1-2H3. The van der Waals surface area contributed by atoms with E-state index in [2.05, 4.69) is 9.97 Å². The van der Waals surface area contributed by atoms with E-state index in [-0.39, 0.29) is 5.88 Å². The lowest BCUT2D eigenvalue weighted by atomic mass is 10.5. The monoisotopic (exact) mass is 142 g/mol. The molecule has 0 aromatic carbocycles. The highest BCUT2D eigenvalue weighted by atomic mass is 16.3. The molecule has 1 heterocycles. The average Bonchev–Trinajstić information content (AvgIpc) is 2.16. The van der Waals surface area contributed by atoms with E-state index in [4.69, 9.17) is 5.11 Å². The summed E-state index contributed by atoms with van der Waals surface area (Å²) in [4.78, 5) is 6.56. The summed E-state index contributed by atoms with van der Waals surface area (Å²) < 4.78 is 0. The Kier molecular flexibility index (Phi) is 3.54. The van der Waals surface area contributed by atoms with Gasteiger partial charge in [0.05, 0.1) is 5.69 Å². The van der Waals surface area contributed by atoms with Gasteiger partial charge >= 0.3 is 0 Å². The lowest BCUT2D eigenvalue weighted by Gasteiger charge is -1.78. The minimum Gasteiger partial charge on any atom is -0.492 e. The first-order chi connectivity index (χ1) is 4.70. The van der Waals surface area contributed by atoms with Crippen molar-refractivity contribution in [1.82, 2.24) is 9.97 Å². The van der Waals surface area contributed by atoms with Crippen LogP contribution in [0.15, 0.2) is 0 Å². The second-order valence-electron chi connectivity index (χ2n) is 1.77. The second kappa shape index (κ2) is 3.93. The molecule has 0 aliphatic heterocycles. The Balaban J connectivity index is 0.000000371. The Morgan fingerprint density at radius 3 is 1.90 bits per heavy atom. The summed E-state index contributed by atoms with van der Waals surface area (Å²) in [6, 6.07) is 0. The molecule has 0 bridgehead atoms. The molecule has 10 heavy (non-hydrogen) atoms. The van der Waals surface area contributed by atoms with E-state index in [0.29, 0.717) is 0 Å². The van der Waals surface area contributed by atoms with Crippen LogP contribution >= 0.6 is 0 Å². The third kappa shape index (κ3) is 2.09. The molecule has 0 aliphatic rings. The van der Waals surface area contributed by atoms with Crippen LogP contribution in [0.25, 0.3) is 0 Å². The maximum absolute atomic E-state index is 8.80. The number of nitrogens with zero attached hydrogens (tertiary/aromatic N) is 1. The second-order valence-corrected chi connectivity index (χ2v) is 1.77. The lowest BCUT2D eigenvalue weighted by molar-refractivity contribution is 0.451. The highest BCUT2D eigenvalue weighted by Gasteiger charge is 1.97. The molecular formula is C7H14N2O. The number of aromatic nitrogens is 2. The summed E-state index contributed by atoms with van der Waals surface area (Å²) in [5.74, 6) is 0.850. The van der Waals surface area contributed by atoms with Crippen molar-refractivity contribution >= 4 is 0 Å². The Morgan fingerprint density at radius 2 is 1.80 bits per heavy atom. The van der Waals surface area contributed by atoms with Gasteiger partial charge in [-0.2, -0.15) is 4.98 Å². The van der Waals surface area contributed by atoms with Crippen LogP contribution in [0.5, 0.6) is 5.88 Å². The predicted molar refractivity (Wildman–Crippen MR) is 41.1 cm³/mol. The highest BCUT2D eigenvalue weighted by molar-refractivity contribution is 5.16. The Hall–Kier alpha value is -0.990. The molecule has 2 N–H and O–H groups in total.